The molecule has 0 aromatic carbocycles. The number of hydrogen-bond donors (Lipinski definition) is 1. The molecule has 0 spiro atoms. The first-order valence-corrected chi connectivity index (χ1v) is 9.35. The minimum atomic E-state index is -0.0227. The maximum absolute atomic E-state index is 13.3. The van der Waals surface area contributed by atoms with Gasteiger partial charge in [-0.05, 0) is 52.5 Å². The van der Waals surface area contributed by atoms with E-state index < -0.39 is 0 Å². The number of pyridine rings is 1. The number of carbonyl (C=O) groups excluding carboxylic acids is 1. The van der Waals surface area contributed by atoms with E-state index in [1.807, 2.05) is 29.5 Å². The van der Waals surface area contributed by atoms with Crippen molar-refractivity contribution in [3.63, 3.8) is 0 Å². The van der Waals surface area contributed by atoms with Crippen molar-refractivity contribution in [2.24, 2.45) is 5.73 Å². The van der Waals surface area contributed by atoms with Crippen molar-refractivity contribution in [2.45, 2.75) is 71.5 Å². The fourth-order valence-corrected chi connectivity index (χ4v) is 3.73. The molecule has 1 saturated heterocycles. The molecule has 2 aromatic rings. The molecule has 3 heterocycles. The molecular formula is C19H29N5O. The van der Waals surface area contributed by atoms with Gasteiger partial charge in [0.1, 0.15) is 0 Å². The van der Waals surface area contributed by atoms with Gasteiger partial charge in [-0.25, -0.2) is 9.67 Å². The highest BCUT2D eigenvalue weighted by Gasteiger charge is 2.31. The van der Waals surface area contributed by atoms with Crippen LogP contribution in [-0.4, -0.2) is 44.2 Å². The molecule has 1 aliphatic heterocycles. The van der Waals surface area contributed by atoms with Crippen LogP contribution in [-0.2, 0) is 0 Å². The number of aromatic nitrogens is 3. The third-order valence-corrected chi connectivity index (χ3v) is 5.35. The minimum absolute atomic E-state index is 0.0227. The standard InChI is InChI=1S/C19H29N5O/c1-5-13(3)24-18-16(11-21-24)15(10-12(2)22-18)19(25)23-9-7-6-8-17(23)14(4)20/h10-11,13-14,17H,5-9,20H2,1-4H3. The predicted molar refractivity (Wildman–Crippen MR) is 99.6 cm³/mol. The number of rotatable bonds is 4. The van der Waals surface area contributed by atoms with Crippen LogP contribution in [0.25, 0.3) is 11.0 Å². The van der Waals surface area contributed by atoms with E-state index in [-0.39, 0.29) is 24.0 Å². The lowest BCUT2D eigenvalue weighted by molar-refractivity contribution is 0.0585. The van der Waals surface area contributed by atoms with Crippen molar-refractivity contribution < 1.29 is 4.79 Å². The number of likely N-dealkylation sites (tertiary alicyclic amines) is 1. The summed E-state index contributed by atoms with van der Waals surface area (Å²) in [5.41, 5.74) is 8.49. The van der Waals surface area contributed by atoms with E-state index >= 15 is 0 Å². The lowest BCUT2D eigenvalue weighted by Gasteiger charge is -2.38. The smallest absolute Gasteiger partial charge is 0.255 e. The van der Waals surface area contributed by atoms with Crippen LogP contribution in [0.5, 0.6) is 0 Å². The Morgan fingerprint density at radius 2 is 2.16 bits per heavy atom. The second kappa shape index (κ2) is 7.12. The molecule has 0 radical (unpaired) electrons. The van der Waals surface area contributed by atoms with Crippen molar-refractivity contribution in [3.05, 3.63) is 23.5 Å². The molecule has 0 aliphatic carbocycles. The molecule has 1 fully saturated rings. The van der Waals surface area contributed by atoms with Crippen LogP contribution >= 0.6 is 0 Å². The van der Waals surface area contributed by atoms with Gasteiger partial charge < -0.3 is 10.6 Å². The Morgan fingerprint density at radius 3 is 2.84 bits per heavy atom. The number of fused-ring (bicyclic) bond motifs is 1. The highest BCUT2D eigenvalue weighted by molar-refractivity contribution is 6.05. The molecule has 1 amide bonds. The fourth-order valence-electron chi connectivity index (χ4n) is 3.73. The summed E-state index contributed by atoms with van der Waals surface area (Å²) in [6, 6.07) is 2.22. The summed E-state index contributed by atoms with van der Waals surface area (Å²) < 4.78 is 1.93. The van der Waals surface area contributed by atoms with Crippen LogP contribution < -0.4 is 5.73 Å². The van der Waals surface area contributed by atoms with Gasteiger partial charge in [0, 0.05) is 24.3 Å². The molecule has 6 heteroatoms. The minimum Gasteiger partial charge on any atom is -0.334 e. The number of nitrogens with zero attached hydrogens (tertiary/aromatic N) is 4. The second-order valence-corrected chi connectivity index (χ2v) is 7.32. The van der Waals surface area contributed by atoms with Gasteiger partial charge in [0.2, 0.25) is 0 Å². The fraction of sp³-hybridized carbons (Fsp3) is 0.632. The van der Waals surface area contributed by atoms with Crippen LogP contribution in [0.15, 0.2) is 12.3 Å². The third-order valence-electron chi connectivity index (χ3n) is 5.35. The van der Waals surface area contributed by atoms with Crippen LogP contribution in [0.3, 0.4) is 0 Å². The van der Waals surface area contributed by atoms with Crippen molar-refractivity contribution in [2.75, 3.05) is 6.54 Å². The molecule has 2 N–H and O–H groups in total. The maximum Gasteiger partial charge on any atom is 0.255 e. The largest absolute Gasteiger partial charge is 0.334 e. The van der Waals surface area contributed by atoms with E-state index in [0.29, 0.717) is 5.56 Å². The highest BCUT2D eigenvalue weighted by atomic mass is 16.2. The molecule has 136 valence electrons. The topological polar surface area (TPSA) is 77.0 Å². The molecule has 1 aliphatic rings. The summed E-state index contributed by atoms with van der Waals surface area (Å²) in [6.45, 7) is 8.94. The van der Waals surface area contributed by atoms with Gasteiger partial charge in [0.25, 0.3) is 5.91 Å². The monoisotopic (exact) mass is 343 g/mol. The Kier molecular flexibility index (Phi) is 5.08. The average molecular weight is 343 g/mol. The molecular weight excluding hydrogens is 314 g/mol. The molecule has 2 aromatic heterocycles. The Labute approximate surface area is 149 Å². The molecule has 3 unspecified atom stereocenters. The van der Waals surface area contributed by atoms with Crippen LogP contribution in [0.4, 0.5) is 0 Å². The van der Waals surface area contributed by atoms with E-state index in [4.69, 9.17) is 5.73 Å². The van der Waals surface area contributed by atoms with E-state index in [2.05, 4.69) is 23.9 Å². The SMILES string of the molecule is CCC(C)n1ncc2c(C(=O)N3CCCCC3C(C)N)cc(C)nc21. The van der Waals surface area contributed by atoms with Gasteiger partial charge in [0.05, 0.1) is 23.2 Å². The summed E-state index contributed by atoms with van der Waals surface area (Å²) in [6.07, 6.45) is 5.89. The molecule has 3 rings (SSSR count). The summed E-state index contributed by atoms with van der Waals surface area (Å²) in [4.78, 5) is 19.9. The van der Waals surface area contributed by atoms with E-state index in [0.717, 1.165) is 49.0 Å². The number of carbonyl (C=O) groups is 1. The van der Waals surface area contributed by atoms with E-state index in [9.17, 15) is 4.79 Å². The lowest BCUT2D eigenvalue weighted by Crippen LogP contribution is -2.51. The Balaban J connectivity index is 2.05. The van der Waals surface area contributed by atoms with Crippen LogP contribution in [0, 0.1) is 6.92 Å². The second-order valence-electron chi connectivity index (χ2n) is 7.32. The van der Waals surface area contributed by atoms with Gasteiger partial charge in [-0.15, -0.1) is 0 Å². The molecule has 0 bridgehead atoms. The number of hydrogen-bond acceptors (Lipinski definition) is 4. The quantitative estimate of drug-likeness (QED) is 0.925. The predicted octanol–water partition coefficient (Wildman–Crippen LogP) is 3.05. The zero-order valence-corrected chi connectivity index (χ0v) is 15.7. The first-order valence-electron chi connectivity index (χ1n) is 9.35. The number of nitrogens with two attached hydrogens (primary N) is 1. The Morgan fingerprint density at radius 1 is 1.40 bits per heavy atom. The summed E-state index contributed by atoms with van der Waals surface area (Å²) in [7, 11) is 0. The van der Waals surface area contributed by atoms with Crippen molar-refractivity contribution in [1.29, 1.82) is 0 Å². The molecule has 0 saturated carbocycles. The van der Waals surface area contributed by atoms with Gasteiger partial charge >= 0.3 is 0 Å². The van der Waals surface area contributed by atoms with Gasteiger partial charge in [-0.2, -0.15) is 5.10 Å². The molecule has 25 heavy (non-hydrogen) atoms. The maximum atomic E-state index is 13.3. The molecule has 6 nitrogen and oxygen atoms in total. The van der Waals surface area contributed by atoms with Gasteiger partial charge in [-0.3, -0.25) is 4.79 Å². The Bertz CT molecular complexity index is 767. The first-order chi connectivity index (χ1) is 11.9. The van der Waals surface area contributed by atoms with Crippen molar-refractivity contribution in [1.82, 2.24) is 19.7 Å². The number of amides is 1. The number of aryl methyl sites for hydroxylation is 1. The van der Waals surface area contributed by atoms with Gasteiger partial charge in [0.15, 0.2) is 5.65 Å². The lowest BCUT2D eigenvalue weighted by atomic mass is 9.95. The average Bonchev–Trinajstić information content (AvgIpc) is 3.03. The van der Waals surface area contributed by atoms with Crippen molar-refractivity contribution >= 4 is 16.9 Å². The Hall–Kier alpha value is -1.95. The summed E-state index contributed by atoms with van der Waals surface area (Å²) in [5, 5.41) is 5.35. The molecule has 3 atom stereocenters. The highest BCUT2D eigenvalue weighted by Crippen LogP contribution is 2.27. The number of piperidine rings is 1. The summed E-state index contributed by atoms with van der Waals surface area (Å²) >= 11 is 0. The van der Waals surface area contributed by atoms with Crippen LogP contribution in [0.2, 0.25) is 0 Å². The van der Waals surface area contributed by atoms with E-state index in [1.165, 1.54) is 0 Å². The normalized spacial score (nSPS) is 20.7. The summed E-state index contributed by atoms with van der Waals surface area (Å²) in [5.74, 6) is 0.0567. The first kappa shape index (κ1) is 17.9. The van der Waals surface area contributed by atoms with Crippen LogP contribution in [0.1, 0.15) is 68.5 Å². The van der Waals surface area contributed by atoms with E-state index in [1.54, 1.807) is 6.20 Å². The van der Waals surface area contributed by atoms with Crippen molar-refractivity contribution in [3.8, 4) is 0 Å². The zero-order valence-electron chi connectivity index (χ0n) is 15.7. The third kappa shape index (κ3) is 3.27. The zero-order chi connectivity index (χ0) is 18.1. The van der Waals surface area contributed by atoms with Gasteiger partial charge in [-0.1, -0.05) is 6.92 Å².